The fraction of sp³-hybridized carbons (Fsp3) is 0.914. The third-order valence-corrected chi connectivity index (χ3v) is 7.99. The summed E-state index contributed by atoms with van der Waals surface area (Å²) in [7, 11) is 5.38. The molecule has 0 bridgehead atoms. The van der Waals surface area contributed by atoms with Crippen molar-refractivity contribution in [3.63, 3.8) is 0 Å². The van der Waals surface area contributed by atoms with Gasteiger partial charge in [0, 0.05) is 19.3 Å². The molecule has 0 aliphatic rings. The second-order valence-corrected chi connectivity index (χ2v) is 13.1. The first-order chi connectivity index (χ1) is 20.6. The van der Waals surface area contributed by atoms with Crippen molar-refractivity contribution in [1.29, 1.82) is 0 Å². The average molecular weight is 614 g/mol. The van der Waals surface area contributed by atoms with Gasteiger partial charge in [-0.15, -0.1) is 0 Å². The van der Waals surface area contributed by atoms with E-state index in [4.69, 9.17) is 14.2 Å². The van der Waals surface area contributed by atoms with E-state index >= 15 is 0 Å². The molecule has 2 atom stereocenters. The lowest BCUT2D eigenvalue weighted by Gasteiger charge is -2.34. The van der Waals surface area contributed by atoms with Crippen molar-refractivity contribution >= 4 is 17.9 Å². The first-order valence-corrected chi connectivity index (χ1v) is 17.6. The Labute approximate surface area is 264 Å². The first-order valence-electron chi connectivity index (χ1n) is 17.6. The molecule has 2 unspecified atom stereocenters. The Morgan fingerprint density at radius 3 is 1.47 bits per heavy atom. The summed E-state index contributed by atoms with van der Waals surface area (Å²) in [6.45, 7) is 4.54. The van der Waals surface area contributed by atoms with Crippen LogP contribution in [-0.4, -0.2) is 75.5 Å². The van der Waals surface area contributed by atoms with E-state index < -0.39 is 18.1 Å². The van der Waals surface area contributed by atoms with Crippen LogP contribution < -0.4 is 5.11 Å². The number of hydrogen-bond donors (Lipinski definition) is 0. The number of esters is 2. The van der Waals surface area contributed by atoms with Gasteiger partial charge < -0.3 is 28.6 Å². The molecule has 0 amide bonds. The summed E-state index contributed by atoms with van der Waals surface area (Å²) in [5, 5.41) is 11.5. The SMILES string of the molecule is CCCCCCCCCCCCCCCCCC(=O)OC(COCCC(C(=O)[O-])[N+](C)(C)C)COC(=O)CCCCCC. The molecule has 0 aliphatic heterocycles. The van der Waals surface area contributed by atoms with Gasteiger partial charge in [-0.25, -0.2) is 0 Å². The van der Waals surface area contributed by atoms with Crippen molar-refractivity contribution in [1.82, 2.24) is 0 Å². The summed E-state index contributed by atoms with van der Waals surface area (Å²) in [5.74, 6) is -1.75. The molecular formula is C35H67NO7. The van der Waals surface area contributed by atoms with Crippen LogP contribution in [0, 0.1) is 0 Å². The number of carboxylic acids is 1. The molecule has 0 saturated heterocycles. The third-order valence-electron chi connectivity index (χ3n) is 7.99. The Morgan fingerprint density at radius 1 is 0.605 bits per heavy atom. The quantitative estimate of drug-likeness (QED) is 0.0476. The number of unbranched alkanes of at least 4 members (excludes halogenated alkanes) is 17. The van der Waals surface area contributed by atoms with Crippen molar-refractivity contribution < 1.29 is 38.2 Å². The lowest BCUT2D eigenvalue weighted by molar-refractivity contribution is -0.889. The van der Waals surface area contributed by atoms with Crippen molar-refractivity contribution in [2.75, 3.05) is 41.0 Å². The molecule has 0 saturated carbocycles. The number of ether oxygens (including phenoxy) is 3. The highest BCUT2D eigenvalue weighted by Crippen LogP contribution is 2.14. The predicted octanol–water partition coefficient (Wildman–Crippen LogP) is 6.90. The van der Waals surface area contributed by atoms with Gasteiger partial charge in [-0.3, -0.25) is 9.59 Å². The Balaban J connectivity index is 4.26. The highest BCUT2D eigenvalue weighted by Gasteiger charge is 2.25. The van der Waals surface area contributed by atoms with E-state index in [9.17, 15) is 19.5 Å². The fourth-order valence-electron chi connectivity index (χ4n) is 5.19. The second kappa shape index (κ2) is 27.8. The molecule has 0 aromatic rings. The molecule has 8 heteroatoms. The molecule has 0 heterocycles. The van der Waals surface area contributed by atoms with Crippen LogP contribution in [0.25, 0.3) is 0 Å². The van der Waals surface area contributed by atoms with Crippen LogP contribution in [-0.2, 0) is 28.6 Å². The zero-order valence-electron chi connectivity index (χ0n) is 28.6. The van der Waals surface area contributed by atoms with Crippen LogP contribution in [0.1, 0.15) is 155 Å². The standard InChI is InChI=1S/C35H67NO7/c1-6-8-10-12-13-14-15-16-17-18-19-20-21-22-24-26-34(38)43-31(30-42-33(37)25-23-11-9-7-2)29-41-28-27-32(35(39)40)36(3,4)5/h31-32H,6-30H2,1-5H3. The van der Waals surface area contributed by atoms with E-state index in [0.29, 0.717) is 12.8 Å². The van der Waals surface area contributed by atoms with Crippen LogP contribution in [0.5, 0.6) is 0 Å². The highest BCUT2D eigenvalue weighted by molar-refractivity contribution is 5.70. The number of quaternary nitrogens is 1. The summed E-state index contributed by atoms with van der Waals surface area (Å²) < 4.78 is 16.9. The lowest BCUT2D eigenvalue weighted by Crippen LogP contribution is -2.55. The van der Waals surface area contributed by atoms with Crippen molar-refractivity contribution in [3.8, 4) is 0 Å². The predicted molar refractivity (Wildman–Crippen MR) is 171 cm³/mol. The zero-order valence-corrected chi connectivity index (χ0v) is 28.6. The van der Waals surface area contributed by atoms with Gasteiger partial charge in [0.2, 0.25) is 0 Å². The Kier molecular flexibility index (Phi) is 26.8. The topological polar surface area (TPSA) is 102 Å². The van der Waals surface area contributed by atoms with Gasteiger partial charge in [0.25, 0.3) is 0 Å². The first kappa shape index (κ1) is 41.3. The van der Waals surface area contributed by atoms with Crippen LogP contribution >= 0.6 is 0 Å². The van der Waals surface area contributed by atoms with Crippen LogP contribution in [0.15, 0.2) is 0 Å². The van der Waals surface area contributed by atoms with Gasteiger partial charge in [0.05, 0.1) is 40.3 Å². The van der Waals surface area contributed by atoms with E-state index in [1.165, 1.54) is 77.0 Å². The molecule has 0 rings (SSSR count). The molecule has 43 heavy (non-hydrogen) atoms. The van der Waals surface area contributed by atoms with Crippen molar-refractivity contribution in [3.05, 3.63) is 0 Å². The van der Waals surface area contributed by atoms with E-state index in [1.54, 1.807) is 21.1 Å². The number of carboxylic acid groups (broad SMARTS) is 1. The number of nitrogens with zero attached hydrogens (tertiary/aromatic N) is 1. The molecule has 254 valence electrons. The van der Waals surface area contributed by atoms with Gasteiger partial charge in [0.15, 0.2) is 6.10 Å². The molecule has 0 N–H and O–H groups in total. The number of rotatable bonds is 31. The molecule has 0 spiro atoms. The van der Waals surface area contributed by atoms with Crippen molar-refractivity contribution in [2.24, 2.45) is 0 Å². The van der Waals surface area contributed by atoms with E-state index in [-0.39, 0.29) is 42.7 Å². The Bertz CT molecular complexity index is 692. The summed E-state index contributed by atoms with van der Waals surface area (Å²) in [4.78, 5) is 36.2. The summed E-state index contributed by atoms with van der Waals surface area (Å²) >= 11 is 0. The maximum atomic E-state index is 12.5. The Hall–Kier alpha value is -1.67. The van der Waals surface area contributed by atoms with Gasteiger partial charge in [-0.05, 0) is 12.8 Å². The van der Waals surface area contributed by atoms with Crippen LogP contribution in [0.2, 0.25) is 0 Å². The normalized spacial score (nSPS) is 13.0. The molecule has 0 aromatic heterocycles. The zero-order chi connectivity index (χ0) is 32.2. The number of carbonyl (C=O) groups excluding carboxylic acids is 3. The maximum Gasteiger partial charge on any atom is 0.306 e. The van der Waals surface area contributed by atoms with Crippen LogP contribution in [0.4, 0.5) is 0 Å². The Morgan fingerprint density at radius 2 is 1.02 bits per heavy atom. The molecule has 0 radical (unpaired) electrons. The minimum absolute atomic E-state index is 0.0463. The third kappa shape index (κ3) is 26.5. The summed E-state index contributed by atoms with van der Waals surface area (Å²) in [6, 6.07) is -0.716. The molecular weight excluding hydrogens is 546 g/mol. The maximum absolute atomic E-state index is 12.5. The molecule has 0 fully saturated rings. The number of carbonyl (C=O) groups is 3. The van der Waals surface area contributed by atoms with Crippen molar-refractivity contribution in [2.45, 2.75) is 167 Å². The fourth-order valence-corrected chi connectivity index (χ4v) is 5.19. The molecule has 0 aliphatic carbocycles. The summed E-state index contributed by atoms with van der Waals surface area (Å²) in [5.41, 5.74) is 0. The van der Waals surface area contributed by atoms with Gasteiger partial charge in [0.1, 0.15) is 12.6 Å². The highest BCUT2D eigenvalue weighted by atomic mass is 16.6. The second-order valence-electron chi connectivity index (χ2n) is 13.1. The average Bonchev–Trinajstić information content (AvgIpc) is 2.94. The minimum Gasteiger partial charge on any atom is -0.544 e. The lowest BCUT2D eigenvalue weighted by atomic mass is 10.0. The van der Waals surface area contributed by atoms with Crippen LogP contribution in [0.3, 0.4) is 0 Å². The molecule has 0 aromatic carbocycles. The smallest absolute Gasteiger partial charge is 0.306 e. The van der Waals surface area contributed by atoms with Gasteiger partial charge in [-0.1, -0.05) is 123 Å². The minimum atomic E-state index is -1.13. The number of aliphatic carboxylic acids is 1. The number of likely N-dealkylation sites (N-methyl/N-ethyl adjacent to an activating group) is 1. The molecule has 8 nitrogen and oxygen atoms in total. The number of hydrogen-bond acceptors (Lipinski definition) is 7. The van der Waals surface area contributed by atoms with E-state index in [0.717, 1.165) is 44.9 Å². The van der Waals surface area contributed by atoms with Gasteiger partial charge in [-0.2, -0.15) is 0 Å². The summed E-state index contributed by atoms with van der Waals surface area (Å²) in [6.07, 6.45) is 23.1. The largest absolute Gasteiger partial charge is 0.544 e. The van der Waals surface area contributed by atoms with Gasteiger partial charge >= 0.3 is 11.9 Å². The van der Waals surface area contributed by atoms with E-state index in [2.05, 4.69) is 13.8 Å². The monoisotopic (exact) mass is 613 g/mol. The van der Waals surface area contributed by atoms with E-state index in [1.807, 2.05) is 0 Å².